The van der Waals surface area contributed by atoms with Crippen molar-refractivity contribution in [2.45, 2.75) is 6.54 Å². The fraction of sp³-hybridized carbons (Fsp3) is 0.182. The largest absolute Gasteiger partial charge is 0.349 e. The SMILES string of the molecule is NCC(=O)NCc1cn(-c2ccc(Cl)c(Cl)c2)nn1. The standard InChI is InChI=1S/C11H11Cl2N5O/c12-9-2-1-8(3-10(9)13)18-6-7(16-17-18)5-15-11(19)4-14/h1-3,6H,4-5,14H2,(H,15,19). The molecule has 8 heteroatoms. The Labute approximate surface area is 119 Å². The summed E-state index contributed by atoms with van der Waals surface area (Å²) in [6.07, 6.45) is 1.69. The molecule has 2 aromatic rings. The van der Waals surface area contributed by atoms with E-state index in [4.69, 9.17) is 28.9 Å². The number of rotatable bonds is 4. The molecule has 2 rings (SSSR count). The van der Waals surface area contributed by atoms with Crippen LogP contribution in [-0.4, -0.2) is 27.4 Å². The van der Waals surface area contributed by atoms with Gasteiger partial charge in [-0.15, -0.1) is 5.10 Å². The number of hydrogen-bond donors (Lipinski definition) is 2. The van der Waals surface area contributed by atoms with Crippen LogP contribution in [0.3, 0.4) is 0 Å². The molecule has 0 spiro atoms. The first-order chi connectivity index (χ1) is 9.10. The lowest BCUT2D eigenvalue weighted by atomic mass is 10.3. The van der Waals surface area contributed by atoms with Gasteiger partial charge in [-0.3, -0.25) is 4.79 Å². The van der Waals surface area contributed by atoms with Crippen LogP contribution in [0.5, 0.6) is 0 Å². The highest BCUT2D eigenvalue weighted by Gasteiger charge is 2.06. The number of amides is 1. The van der Waals surface area contributed by atoms with Gasteiger partial charge in [-0.2, -0.15) is 0 Å². The molecule has 0 radical (unpaired) electrons. The molecular weight excluding hydrogens is 289 g/mol. The fourth-order valence-corrected chi connectivity index (χ4v) is 1.69. The summed E-state index contributed by atoms with van der Waals surface area (Å²) in [5, 5.41) is 11.4. The van der Waals surface area contributed by atoms with Gasteiger partial charge in [0.05, 0.1) is 35.0 Å². The van der Waals surface area contributed by atoms with Crippen molar-refractivity contribution in [3.63, 3.8) is 0 Å². The second-order valence-electron chi connectivity index (χ2n) is 3.73. The van der Waals surface area contributed by atoms with Crippen molar-refractivity contribution in [2.24, 2.45) is 5.73 Å². The number of halogens is 2. The van der Waals surface area contributed by atoms with Gasteiger partial charge in [0.25, 0.3) is 0 Å². The summed E-state index contributed by atoms with van der Waals surface area (Å²) in [4.78, 5) is 11.0. The highest BCUT2D eigenvalue weighted by atomic mass is 35.5. The predicted octanol–water partition coefficient (Wildman–Crippen LogP) is 1.15. The molecule has 19 heavy (non-hydrogen) atoms. The number of nitrogens with two attached hydrogens (primary N) is 1. The summed E-state index contributed by atoms with van der Waals surface area (Å²) in [5.41, 5.74) is 6.54. The molecule has 1 amide bonds. The molecule has 0 aliphatic carbocycles. The first-order valence-electron chi connectivity index (χ1n) is 5.43. The lowest BCUT2D eigenvalue weighted by Crippen LogP contribution is -2.29. The third kappa shape index (κ3) is 3.44. The molecule has 3 N–H and O–H groups in total. The maximum absolute atomic E-state index is 11.0. The minimum atomic E-state index is -0.246. The Morgan fingerprint density at radius 3 is 2.84 bits per heavy atom. The smallest absolute Gasteiger partial charge is 0.234 e. The van der Waals surface area contributed by atoms with E-state index in [1.54, 1.807) is 29.1 Å². The molecule has 0 aliphatic heterocycles. The Kier molecular flexibility index (Phi) is 4.36. The molecule has 1 heterocycles. The normalized spacial score (nSPS) is 10.5. The molecular formula is C11H11Cl2N5O. The Balaban J connectivity index is 2.12. The molecule has 6 nitrogen and oxygen atoms in total. The van der Waals surface area contributed by atoms with Crippen LogP contribution in [0.25, 0.3) is 5.69 Å². The third-order valence-electron chi connectivity index (χ3n) is 2.36. The lowest BCUT2D eigenvalue weighted by Gasteiger charge is -2.01. The van der Waals surface area contributed by atoms with Crippen LogP contribution in [0.2, 0.25) is 10.0 Å². The van der Waals surface area contributed by atoms with Crippen LogP contribution in [-0.2, 0) is 11.3 Å². The van der Waals surface area contributed by atoms with E-state index >= 15 is 0 Å². The first kappa shape index (κ1) is 13.8. The second kappa shape index (κ2) is 6.01. The number of benzene rings is 1. The summed E-state index contributed by atoms with van der Waals surface area (Å²) < 4.78 is 1.55. The average Bonchev–Trinajstić information content (AvgIpc) is 2.88. The minimum Gasteiger partial charge on any atom is -0.349 e. The summed E-state index contributed by atoms with van der Waals surface area (Å²) >= 11 is 11.8. The van der Waals surface area contributed by atoms with Crippen LogP contribution >= 0.6 is 23.2 Å². The zero-order valence-electron chi connectivity index (χ0n) is 9.81. The Bertz CT molecular complexity index is 599. The van der Waals surface area contributed by atoms with Gasteiger partial charge >= 0.3 is 0 Å². The maximum Gasteiger partial charge on any atom is 0.234 e. The van der Waals surface area contributed by atoms with Gasteiger partial charge in [0.2, 0.25) is 5.91 Å². The van der Waals surface area contributed by atoms with Crippen molar-refractivity contribution in [3.05, 3.63) is 40.1 Å². The quantitative estimate of drug-likeness (QED) is 0.887. The molecule has 0 aliphatic rings. The van der Waals surface area contributed by atoms with E-state index in [1.165, 1.54) is 0 Å². The van der Waals surface area contributed by atoms with Gasteiger partial charge < -0.3 is 11.1 Å². The van der Waals surface area contributed by atoms with E-state index < -0.39 is 0 Å². The van der Waals surface area contributed by atoms with Gasteiger partial charge in [-0.25, -0.2) is 4.68 Å². The molecule has 0 bridgehead atoms. The van der Waals surface area contributed by atoms with E-state index in [2.05, 4.69) is 15.6 Å². The zero-order valence-corrected chi connectivity index (χ0v) is 11.3. The van der Waals surface area contributed by atoms with Gasteiger partial charge in [-0.1, -0.05) is 28.4 Å². The van der Waals surface area contributed by atoms with Crippen molar-refractivity contribution in [1.82, 2.24) is 20.3 Å². The number of hydrogen-bond acceptors (Lipinski definition) is 4. The Morgan fingerprint density at radius 2 is 2.16 bits per heavy atom. The molecule has 1 aromatic carbocycles. The van der Waals surface area contributed by atoms with Crippen LogP contribution in [0, 0.1) is 0 Å². The molecule has 0 saturated heterocycles. The van der Waals surface area contributed by atoms with Gasteiger partial charge in [0, 0.05) is 0 Å². The zero-order chi connectivity index (χ0) is 13.8. The highest BCUT2D eigenvalue weighted by Crippen LogP contribution is 2.24. The summed E-state index contributed by atoms with van der Waals surface area (Å²) in [7, 11) is 0. The number of carbonyl (C=O) groups is 1. The van der Waals surface area contributed by atoms with Crippen molar-refractivity contribution in [2.75, 3.05) is 6.54 Å². The average molecular weight is 300 g/mol. The highest BCUT2D eigenvalue weighted by molar-refractivity contribution is 6.42. The molecule has 0 atom stereocenters. The van der Waals surface area contributed by atoms with Crippen LogP contribution in [0.1, 0.15) is 5.69 Å². The summed E-state index contributed by atoms with van der Waals surface area (Å²) in [5.74, 6) is -0.246. The number of nitrogens with zero attached hydrogens (tertiary/aromatic N) is 3. The topological polar surface area (TPSA) is 85.8 Å². The predicted molar refractivity (Wildman–Crippen MR) is 72.3 cm³/mol. The van der Waals surface area contributed by atoms with E-state index in [0.717, 1.165) is 5.69 Å². The first-order valence-corrected chi connectivity index (χ1v) is 6.19. The Hall–Kier alpha value is -1.63. The monoisotopic (exact) mass is 299 g/mol. The lowest BCUT2D eigenvalue weighted by molar-refractivity contribution is -0.119. The molecule has 0 unspecified atom stereocenters. The summed E-state index contributed by atoms with van der Waals surface area (Å²) in [6, 6.07) is 5.13. The van der Waals surface area contributed by atoms with Crippen LogP contribution in [0.15, 0.2) is 24.4 Å². The van der Waals surface area contributed by atoms with Gasteiger partial charge in [-0.05, 0) is 18.2 Å². The van der Waals surface area contributed by atoms with E-state index in [0.29, 0.717) is 15.7 Å². The van der Waals surface area contributed by atoms with E-state index in [1.807, 2.05) is 0 Å². The van der Waals surface area contributed by atoms with E-state index in [-0.39, 0.29) is 19.0 Å². The van der Waals surface area contributed by atoms with Crippen LogP contribution < -0.4 is 11.1 Å². The third-order valence-corrected chi connectivity index (χ3v) is 3.10. The van der Waals surface area contributed by atoms with E-state index in [9.17, 15) is 4.79 Å². The fourth-order valence-electron chi connectivity index (χ4n) is 1.39. The molecule has 100 valence electrons. The molecule has 0 saturated carbocycles. The minimum absolute atomic E-state index is 0.0546. The number of carbonyl (C=O) groups excluding carboxylic acids is 1. The van der Waals surface area contributed by atoms with Crippen molar-refractivity contribution in [3.8, 4) is 5.69 Å². The van der Waals surface area contributed by atoms with Crippen LogP contribution in [0.4, 0.5) is 0 Å². The number of aromatic nitrogens is 3. The Morgan fingerprint density at radius 1 is 1.37 bits per heavy atom. The summed E-state index contributed by atoms with van der Waals surface area (Å²) in [6.45, 7) is 0.221. The number of nitrogens with one attached hydrogen (secondary N) is 1. The second-order valence-corrected chi connectivity index (χ2v) is 4.55. The maximum atomic E-state index is 11.0. The van der Waals surface area contributed by atoms with Gasteiger partial charge in [0.1, 0.15) is 5.69 Å². The van der Waals surface area contributed by atoms with Gasteiger partial charge in [0.15, 0.2) is 0 Å². The van der Waals surface area contributed by atoms with Crippen molar-refractivity contribution < 1.29 is 4.79 Å². The van der Waals surface area contributed by atoms with Crippen molar-refractivity contribution >= 4 is 29.1 Å². The molecule has 0 fully saturated rings. The van der Waals surface area contributed by atoms with Crippen molar-refractivity contribution in [1.29, 1.82) is 0 Å². The molecule has 1 aromatic heterocycles.